The van der Waals surface area contributed by atoms with Crippen molar-refractivity contribution in [3.05, 3.63) is 12.3 Å². The van der Waals surface area contributed by atoms with E-state index >= 15 is 0 Å². The van der Waals surface area contributed by atoms with Crippen molar-refractivity contribution in [2.24, 2.45) is 17.3 Å². The van der Waals surface area contributed by atoms with Crippen molar-refractivity contribution in [1.29, 1.82) is 0 Å². The van der Waals surface area contributed by atoms with E-state index in [1.54, 1.807) is 0 Å². The molecule has 3 fully saturated rings. The molecule has 2 aromatic heterocycles. The quantitative estimate of drug-likeness (QED) is 0.327. The van der Waals surface area contributed by atoms with Gasteiger partial charge in [0.25, 0.3) is 0 Å². The Morgan fingerprint density at radius 1 is 1.33 bits per heavy atom. The molecule has 0 saturated heterocycles. The lowest BCUT2D eigenvalue weighted by Gasteiger charge is -2.31. The molecule has 3 aliphatic carbocycles. The van der Waals surface area contributed by atoms with Crippen LogP contribution >= 0.6 is 11.8 Å². The molecule has 0 spiro atoms. The minimum absolute atomic E-state index is 0.0165. The predicted molar refractivity (Wildman–Crippen MR) is 114 cm³/mol. The lowest BCUT2D eigenvalue weighted by molar-refractivity contribution is -0.0300. The molecule has 9 heteroatoms. The Kier molecular flexibility index (Phi) is 4.65. The van der Waals surface area contributed by atoms with Gasteiger partial charge in [-0.05, 0) is 57.3 Å². The smallest absolute Gasteiger partial charge is 0.191 e. The summed E-state index contributed by atoms with van der Waals surface area (Å²) in [5, 5.41) is 46.7. The summed E-state index contributed by atoms with van der Waals surface area (Å²) in [6.45, 7) is 3.51. The maximum atomic E-state index is 10.7. The third kappa shape index (κ3) is 2.97. The van der Waals surface area contributed by atoms with Crippen LogP contribution in [0.4, 0.5) is 5.82 Å². The Morgan fingerprint density at radius 2 is 2.07 bits per heavy atom. The van der Waals surface area contributed by atoms with Gasteiger partial charge in [-0.1, -0.05) is 11.8 Å². The van der Waals surface area contributed by atoms with Gasteiger partial charge in [0.15, 0.2) is 5.16 Å². The summed E-state index contributed by atoms with van der Waals surface area (Å²) in [5.74, 6) is 1.11. The van der Waals surface area contributed by atoms with Crippen molar-refractivity contribution >= 4 is 28.6 Å². The summed E-state index contributed by atoms with van der Waals surface area (Å²) in [5.41, 5.74) is -0.796. The Labute approximate surface area is 179 Å². The maximum absolute atomic E-state index is 10.7. The minimum Gasteiger partial charge on any atom is -0.396 e. The number of aliphatic hydroxyl groups excluding tert-OH is 3. The zero-order valence-corrected chi connectivity index (χ0v) is 18.3. The molecule has 0 amide bonds. The van der Waals surface area contributed by atoms with E-state index in [2.05, 4.69) is 10.3 Å². The summed E-state index contributed by atoms with van der Waals surface area (Å²) in [7, 11) is 0. The highest BCUT2D eigenvalue weighted by Gasteiger charge is 2.71. The molecule has 5 rings (SSSR count). The lowest BCUT2D eigenvalue weighted by Crippen LogP contribution is -2.43. The molecule has 6 atom stereocenters. The van der Waals surface area contributed by atoms with Crippen LogP contribution in [0.1, 0.15) is 39.2 Å². The van der Waals surface area contributed by atoms with Crippen LogP contribution in [0.2, 0.25) is 0 Å². The number of aromatic nitrogens is 3. The highest BCUT2D eigenvalue weighted by atomic mass is 32.2. The average molecular weight is 435 g/mol. The van der Waals surface area contributed by atoms with Gasteiger partial charge in [0, 0.05) is 11.6 Å². The Bertz CT molecular complexity index is 972. The summed E-state index contributed by atoms with van der Waals surface area (Å²) in [6, 6.07) is 1.48. The first-order valence-electron chi connectivity index (χ1n) is 10.6. The molecule has 0 unspecified atom stereocenters. The predicted octanol–water partition coefficient (Wildman–Crippen LogP) is 1.39. The van der Waals surface area contributed by atoms with Gasteiger partial charge in [-0.3, -0.25) is 0 Å². The van der Waals surface area contributed by atoms with E-state index in [9.17, 15) is 20.4 Å². The number of fused-ring (bicyclic) bond motifs is 2. The van der Waals surface area contributed by atoms with E-state index in [-0.39, 0.29) is 24.6 Å². The zero-order chi connectivity index (χ0) is 21.4. The van der Waals surface area contributed by atoms with Crippen LogP contribution in [0.25, 0.3) is 11.0 Å². The SMILES string of the molecule is CSc1nc(N[C@@H](C2CC2)C(C)(C)O)c2ccn([C@H]3[C@H](O)[C@H](O)[C@]4(CO)C[C@H]34)c2n1. The molecule has 3 saturated carbocycles. The molecule has 0 aromatic carbocycles. The Balaban J connectivity index is 1.56. The topological polar surface area (TPSA) is 124 Å². The van der Waals surface area contributed by atoms with Gasteiger partial charge in [-0.25, -0.2) is 9.97 Å². The van der Waals surface area contributed by atoms with Gasteiger partial charge >= 0.3 is 0 Å². The van der Waals surface area contributed by atoms with E-state index in [1.165, 1.54) is 11.8 Å². The van der Waals surface area contributed by atoms with Gasteiger partial charge in [-0.2, -0.15) is 0 Å². The number of hydrogen-bond acceptors (Lipinski definition) is 8. The summed E-state index contributed by atoms with van der Waals surface area (Å²) in [6.07, 6.45) is 4.78. The van der Waals surface area contributed by atoms with Crippen LogP contribution in [-0.4, -0.2) is 71.7 Å². The highest BCUT2D eigenvalue weighted by molar-refractivity contribution is 7.98. The monoisotopic (exact) mass is 434 g/mol. The fourth-order valence-corrected chi connectivity index (χ4v) is 5.81. The number of nitrogens with one attached hydrogen (secondary N) is 1. The van der Waals surface area contributed by atoms with Gasteiger partial charge in [0.2, 0.25) is 0 Å². The number of hydrogen-bond donors (Lipinski definition) is 5. The van der Waals surface area contributed by atoms with Crippen LogP contribution in [0.15, 0.2) is 17.4 Å². The van der Waals surface area contributed by atoms with E-state index in [1.807, 2.05) is 36.9 Å². The molecule has 2 aromatic rings. The minimum atomic E-state index is -0.953. The van der Waals surface area contributed by atoms with Crippen molar-refractivity contribution < 1.29 is 20.4 Å². The second-order valence-corrected chi connectivity index (χ2v) is 10.5. The molecule has 164 valence electrons. The van der Waals surface area contributed by atoms with Crippen LogP contribution < -0.4 is 5.32 Å². The summed E-state index contributed by atoms with van der Waals surface area (Å²) >= 11 is 1.44. The number of thioether (sulfide) groups is 1. The Hall–Kier alpha value is -1.39. The van der Waals surface area contributed by atoms with E-state index in [4.69, 9.17) is 4.98 Å². The van der Waals surface area contributed by atoms with Gasteiger partial charge < -0.3 is 30.3 Å². The molecule has 5 N–H and O–H groups in total. The molecule has 30 heavy (non-hydrogen) atoms. The van der Waals surface area contributed by atoms with Crippen molar-refractivity contribution in [2.45, 2.75) is 68.2 Å². The molecule has 3 aliphatic rings. The van der Waals surface area contributed by atoms with Crippen LogP contribution in [0.5, 0.6) is 0 Å². The fraction of sp³-hybridized carbons (Fsp3) is 0.714. The van der Waals surface area contributed by atoms with Crippen molar-refractivity contribution in [3.63, 3.8) is 0 Å². The zero-order valence-electron chi connectivity index (χ0n) is 17.5. The van der Waals surface area contributed by atoms with E-state index < -0.39 is 23.2 Å². The summed E-state index contributed by atoms with van der Waals surface area (Å²) in [4.78, 5) is 9.39. The average Bonchev–Trinajstić information content (AvgIpc) is 3.60. The molecule has 0 aliphatic heterocycles. The molecule has 0 radical (unpaired) electrons. The third-order valence-electron chi connectivity index (χ3n) is 7.35. The van der Waals surface area contributed by atoms with E-state index in [0.717, 1.165) is 18.2 Å². The van der Waals surface area contributed by atoms with Crippen molar-refractivity contribution in [2.75, 3.05) is 18.2 Å². The number of nitrogens with zero attached hydrogens (tertiary/aromatic N) is 3. The van der Waals surface area contributed by atoms with Crippen LogP contribution in [0, 0.1) is 17.3 Å². The second-order valence-electron chi connectivity index (χ2n) is 9.76. The van der Waals surface area contributed by atoms with Crippen LogP contribution in [0.3, 0.4) is 0 Å². The van der Waals surface area contributed by atoms with E-state index in [0.29, 0.717) is 29.0 Å². The molecule has 0 bridgehead atoms. The van der Waals surface area contributed by atoms with Crippen molar-refractivity contribution in [1.82, 2.24) is 14.5 Å². The summed E-state index contributed by atoms with van der Waals surface area (Å²) < 4.78 is 1.93. The largest absolute Gasteiger partial charge is 0.396 e. The number of rotatable bonds is 7. The molecule has 8 nitrogen and oxygen atoms in total. The van der Waals surface area contributed by atoms with Crippen LogP contribution in [-0.2, 0) is 0 Å². The second kappa shape index (κ2) is 6.80. The standard InChI is InChI=1S/C21H30N4O4S/c1-20(2,29)15(10-4-5-10)22-17-11-6-7-25(18(11)24-19(23-17)30-3)13-12-8-21(12,9-26)16(28)14(13)27/h6-7,10,12-16,26-29H,4-5,8-9H2,1-3H3,(H,22,23,24)/t12-,13-,14+,15+,16+,21+/m1/s1. The lowest BCUT2D eigenvalue weighted by atomic mass is 9.94. The fourth-order valence-electron chi connectivity index (χ4n) is 5.45. The van der Waals surface area contributed by atoms with Gasteiger partial charge in [-0.15, -0.1) is 0 Å². The number of anilines is 1. The third-order valence-corrected chi connectivity index (χ3v) is 7.90. The first-order valence-corrected chi connectivity index (χ1v) is 11.8. The van der Waals surface area contributed by atoms with Gasteiger partial charge in [0.05, 0.1) is 35.8 Å². The number of aliphatic hydroxyl groups is 4. The maximum Gasteiger partial charge on any atom is 0.191 e. The molecular weight excluding hydrogens is 404 g/mol. The van der Waals surface area contributed by atoms with Crippen molar-refractivity contribution in [3.8, 4) is 0 Å². The first kappa shape index (κ1) is 20.5. The molecule has 2 heterocycles. The molecular formula is C21H30N4O4S. The Morgan fingerprint density at radius 3 is 2.63 bits per heavy atom. The normalized spacial score (nSPS) is 34.2. The first-order chi connectivity index (χ1) is 14.2. The highest BCUT2D eigenvalue weighted by Crippen LogP contribution is 2.67. The van der Waals surface area contributed by atoms with Gasteiger partial charge in [0.1, 0.15) is 17.6 Å².